The van der Waals surface area contributed by atoms with Crippen molar-refractivity contribution in [3.8, 4) is 0 Å². The summed E-state index contributed by atoms with van der Waals surface area (Å²) in [7, 11) is 0. The Balaban J connectivity index is 1.77. The second-order valence-corrected chi connectivity index (χ2v) is 6.35. The minimum absolute atomic E-state index is 0.0108. The standard InChI is InChI=1S/C17H26N4O2/c1-12(18)17(23)21-8-5-15(6-9-21)13(2)20-16(22)10-14-4-3-7-19-11-14/h3-4,7,11-13,15H,5-6,8-10,18H2,1-2H3,(H,20,22)/t12-,13?/m0/s1. The van der Waals surface area contributed by atoms with Gasteiger partial charge in [-0.2, -0.15) is 0 Å². The van der Waals surface area contributed by atoms with Crippen molar-refractivity contribution in [3.63, 3.8) is 0 Å². The molecule has 0 radical (unpaired) electrons. The average molecular weight is 318 g/mol. The molecule has 0 aliphatic carbocycles. The molecule has 1 aliphatic heterocycles. The van der Waals surface area contributed by atoms with Crippen LogP contribution >= 0.6 is 0 Å². The predicted octanol–water partition coefficient (Wildman–Crippen LogP) is 0.715. The number of rotatable bonds is 5. The molecule has 0 spiro atoms. The first-order valence-corrected chi connectivity index (χ1v) is 8.20. The van der Waals surface area contributed by atoms with Crippen LogP contribution in [0.4, 0.5) is 0 Å². The normalized spacial score (nSPS) is 18.3. The van der Waals surface area contributed by atoms with Crippen LogP contribution < -0.4 is 11.1 Å². The van der Waals surface area contributed by atoms with Gasteiger partial charge in [0.15, 0.2) is 0 Å². The number of nitrogens with two attached hydrogens (primary N) is 1. The number of carbonyl (C=O) groups is 2. The summed E-state index contributed by atoms with van der Waals surface area (Å²) < 4.78 is 0. The topological polar surface area (TPSA) is 88.3 Å². The van der Waals surface area contributed by atoms with E-state index in [0.717, 1.165) is 18.4 Å². The number of hydrogen-bond acceptors (Lipinski definition) is 4. The van der Waals surface area contributed by atoms with Crippen LogP contribution in [0.15, 0.2) is 24.5 Å². The number of nitrogens with one attached hydrogen (secondary N) is 1. The molecule has 2 rings (SSSR count). The molecule has 1 unspecified atom stereocenters. The van der Waals surface area contributed by atoms with Crippen LogP contribution in [0.2, 0.25) is 0 Å². The van der Waals surface area contributed by atoms with Gasteiger partial charge in [-0.3, -0.25) is 14.6 Å². The summed E-state index contributed by atoms with van der Waals surface area (Å²) >= 11 is 0. The Bertz CT molecular complexity index is 525. The highest BCUT2D eigenvalue weighted by Crippen LogP contribution is 2.21. The third-order valence-electron chi connectivity index (χ3n) is 4.42. The molecular weight excluding hydrogens is 292 g/mol. The van der Waals surface area contributed by atoms with Gasteiger partial charge in [-0.15, -0.1) is 0 Å². The lowest BCUT2D eigenvalue weighted by Gasteiger charge is -2.35. The van der Waals surface area contributed by atoms with E-state index in [-0.39, 0.29) is 17.9 Å². The molecule has 126 valence electrons. The molecule has 1 aromatic heterocycles. The summed E-state index contributed by atoms with van der Waals surface area (Å²) in [5, 5.41) is 3.07. The van der Waals surface area contributed by atoms with Crippen LogP contribution in [0.3, 0.4) is 0 Å². The van der Waals surface area contributed by atoms with Gasteiger partial charge in [0.1, 0.15) is 0 Å². The molecule has 2 heterocycles. The van der Waals surface area contributed by atoms with E-state index in [4.69, 9.17) is 5.73 Å². The Kier molecular flexibility index (Phi) is 6.10. The van der Waals surface area contributed by atoms with Crippen molar-refractivity contribution < 1.29 is 9.59 Å². The minimum atomic E-state index is -0.442. The maximum atomic E-state index is 12.1. The minimum Gasteiger partial charge on any atom is -0.353 e. The molecule has 6 nitrogen and oxygen atoms in total. The summed E-state index contributed by atoms with van der Waals surface area (Å²) in [6, 6.07) is 3.39. The number of amides is 2. The summed E-state index contributed by atoms with van der Waals surface area (Å²) in [6.45, 7) is 5.19. The second kappa shape index (κ2) is 8.06. The maximum absolute atomic E-state index is 12.1. The molecule has 2 amide bonds. The largest absolute Gasteiger partial charge is 0.353 e. The zero-order chi connectivity index (χ0) is 16.8. The van der Waals surface area contributed by atoms with Crippen molar-refractivity contribution in [1.29, 1.82) is 0 Å². The van der Waals surface area contributed by atoms with E-state index < -0.39 is 6.04 Å². The van der Waals surface area contributed by atoms with Gasteiger partial charge in [-0.05, 0) is 44.2 Å². The van der Waals surface area contributed by atoms with Crippen LogP contribution in [0, 0.1) is 5.92 Å². The molecular formula is C17H26N4O2. The van der Waals surface area contributed by atoms with E-state index in [9.17, 15) is 9.59 Å². The quantitative estimate of drug-likeness (QED) is 0.837. The van der Waals surface area contributed by atoms with Crippen LogP contribution in [0.25, 0.3) is 0 Å². The maximum Gasteiger partial charge on any atom is 0.239 e. The molecule has 0 bridgehead atoms. The average Bonchev–Trinajstić information content (AvgIpc) is 2.55. The van der Waals surface area contributed by atoms with Gasteiger partial charge >= 0.3 is 0 Å². The molecule has 0 aromatic carbocycles. The third-order valence-corrected chi connectivity index (χ3v) is 4.42. The molecule has 2 atom stereocenters. The summed E-state index contributed by atoms with van der Waals surface area (Å²) in [4.78, 5) is 29.8. The van der Waals surface area contributed by atoms with Gasteiger partial charge in [0.05, 0.1) is 12.5 Å². The van der Waals surface area contributed by atoms with E-state index >= 15 is 0 Å². The zero-order valence-electron chi connectivity index (χ0n) is 13.9. The molecule has 1 saturated heterocycles. The van der Waals surface area contributed by atoms with Gasteiger partial charge in [-0.1, -0.05) is 6.07 Å². The van der Waals surface area contributed by atoms with E-state index in [2.05, 4.69) is 10.3 Å². The van der Waals surface area contributed by atoms with Crippen LogP contribution in [0.1, 0.15) is 32.3 Å². The van der Waals surface area contributed by atoms with Crippen molar-refractivity contribution in [2.45, 2.75) is 45.2 Å². The fourth-order valence-electron chi connectivity index (χ4n) is 3.02. The fourth-order valence-corrected chi connectivity index (χ4v) is 3.02. The monoisotopic (exact) mass is 318 g/mol. The van der Waals surface area contributed by atoms with Gasteiger partial charge in [-0.25, -0.2) is 0 Å². The molecule has 1 aromatic rings. The lowest BCUT2D eigenvalue weighted by molar-refractivity contribution is -0.134. The fraction of sp³-hybridized carbons (Fsp3) is 0.588. The van der Waals surface area contributed by atoms with E-state index in [0.29, 0.717) is 25.4 Å². The van der Waals surface area contributed by atoms with E-state index in [1.165, 1.54) is 0 Å². The highest BCUT2D eigenvalue weighted by Gasteiger charge is 2.28. The Labute approximate surface area is 137 Å². The second-order valence-electron chi connectivity index (χ2n) is 6.35. The van der Waals surface area contributed by atoms with Gasteiger partial charge in [0.25, 0.3) is 0 Å². The Morgan fingerprint density at radius 1 is 1.39 bits per heavy atom. The van der Waals surface area contributed by atoms with Crippen molar-refractivity contribution in [2.75, 3.05) is 13.1 Å². The Hall–Kier alpha value is -1.95. The molecule has 23 heavy (non-hydrogen) atoms. The van der Waals surface area contributed by atoms with Gasteiger partial charge < -0.3 is 16.0 Å². The van der Waals surface area contributed by atoms with Crippen LogP contribution in [0.5, 0.6) is 0 Å². The summed E-state index contributed by atoms with van der Waals surface area (Å²) in [5.74, 6) is 0.418. The first-order chi connectivity index (χ1) is 11.0. The molecule has 3 N–H and O–H groups in total. The number of likely N-dealkylation sites (tertiary alicyclic amines) is 1. The zero-order valence-corrected chi connectivity index (χ0v) is 13.9. The third kappa shape index (κ3) is 5.03. The first-order valence-electron chi connectivity index (χ1n) is 8.20. The number of hydrogen-bond donors (Lipinski definition) is 2. The predicted molar refractivity (Wildman–Crippen MR) is 88.5 cm³/mol. The lowest BCUT2D eigenvalue weighted by atomic mass is 9.90. The summed E-state index contributed by atoms with van der Waals surface area (Å²) in [5.41, 5.74) is 6.56. The van der Waals surface area contributed by atoms with Crippen molar-refractivity contribution in [3.05, 3.63) is 30.1 Å². The highest BCUT2D eigenvalue weighted by molar-refractivity contribution is 5.81. The van der Waals surface area contributed by atoms with Crippen LogP contribution in [-0.2, 0) is 16.0 Å². The van der Waals surface area contributed by atoms with Crippen molar-refractivity contribution in [2.24, 2.45) is 11.7 Å². The molecule has 6 heteroatoms. The first kappa shape index (κ1) is 17.4. The van der Waals surface area contributed by atoms with E-state index in [1.54, 1.807) is 19.3 Å². The number of pyridine rings is 1. The molecule has 0 saturated carbocycles. The molecule has 1 fully saturated rings. The number of piperidine rings is 1. The van der Waals surface area contributed by atoms with Gasteiger partial charge in [0, 0.05) is 31.5 Å². The van der Waals surface area contributed by atoms with Crippen molar-refractivity contribution >= 4 is 11.8 Å². The van der Waals surface area contributed by atoms with Gasteiger partial charge in [0.2, 0.25) is 11.8 Å². The highest BCUT2D eigenvalue weighted by atomic mass is 16.2. The Morgan fingerprint density at radius 3 is 2.65 bits per heavy atom. The number of carbonyl (C=O) groups excluding carboxylic acids is 2. The van der Waals surface area contributed by atoms with Crippen LogP contribution in [-0.4, -0.2) is 46.9 Å². The van der Waals surface area contributed by atoms with E-state index in [1.807, 2.05) is 24.0 Å². The Morgan fingerprint density at radius 2 is 2.09 bits per heavy atom. The molecule has 1 aliphatic rings. The smallest absolute Gasteiger partial charge is 0.239 e. The number of nitrogens with zero attached hydrogens (tertiary/aromatic N) is 2. The van der Waals surface area contributed by atoms with Crippen molar-refractivity contribution in [1.82, 2.24) is 15.2 Å². The summed E-state index contributed by atoms with van der Waals surface area (Å²) in [6.07, 6.45) is 5.55. The lowest BCUT2D eigenvalue weighted by Crippen LogP contribution is -2.49. The number of aromatic nitrogens is 1. The SMILES string of the molecule is CC(NC(=O)Cc1cccnc1)C1CCN(C(=O)[C@H](C)N)CC1.